The highest BCUT2D eigenvalue weighted by Gasteiger charge is 2.38. The molecule has 36 heavy (non-hydrogen) atoms. The molecule has 0 saturated carbocycles. The Bertz CT molecular complexity index is 1230. The fourth-order valence-electron chi connectivity index (χ4n) is 5.43. The quantitative estimate of drug-likeness (QED) is 0.575. The Morgan fingerprint density at radius 2 is 1.89 bits per heavy atom. The summed E-state index contributed by atoms with van der Waals surface area (Å²) in [6, 6.07) is 5.72. The summed E-state index contributed by atoms with van der Waals surface area (Å²) in [6.07, 6.45) is 6.36. The molecule has 0 amide bonds. The van der Waals surface area contributed by atoms with E-state index in [1.165, 1.54) is 6.42 Å². The van der Waals surface area contributed by atoms with Crippen molar-refractivity contribution in [1.29, 1.82) is 0 Å². The summed E-state index contributed by atoms with van der Waals surface area (Å²) < 4.78 is 11.6. The van der Waals surface area contributed by atoms with Crippen LogP contribution in [0.15, 0.2) is 34.3 Å². The number of nitrogens with one attached hydrogen (secondary N) is 2. The molecule has 1 aliphatic carbocycles. The molecule has 8 nitrogen and oxygen atoms in total. The highest BCUT2D eigenvalue weighted by atomic mass is 16.5. The van der Waals surface area contributed by atoms with E-state index in [1.54, 1.807) is 7.11 Å². The summed E-state index contributed by atoms with van der Waals surface area (Å²) in [5, 5.41) is 3.37. The molecule has 3 heterocycles. The number of piperidine rings is 1. The Hall–Kier alpha value is -3.29. The van der Waals surface area contributed by atoms with Crippen LogP contribution in [0.1, 0.15) is 75.8 Å². The van der Waals surface area contributed by atoms with E-state index in [0.717, 1.165) is 56.5 Å². The first-order chi connectivity index (χ1) is 17.5. The van der Waals surface area contributed by atoms with Gasteiger partial charge in [0, 0.05) is 36.7 Å². The number of nitrogens with zero attached hydrogens (tertiary/aromatic N) is 2. The van der Waals surface area contributed by atoms with E-state index in [2.05, 4.69) is 29.0 Å². The molecule has 1 atom stereocenters. The van der Waals surface area contributed by atoms with Gasteiger partial charge in [-0.25, -0.2) is 0 Å². The molecule has 1 aromatic carbocycles. The molecule has 3 aliphatic rings. The van der Waals surface area contributed by atoms with Crippen molar-refractivity contribution < 1.29 is 14.3 Å². The second-order valence-electron chi connectivity index (χ2n) is 10.4. The maximum absolute atomic E-state index is 13.6. The average Bonchev–Trinajstić information content (AvgIpc) is 2.88. The Balaban J connectivity index is 1.57. The smallest absolute Gasteiger partial charge is 0.258 e. The average molecular weight is 493 g/mol. The van der Waals surface area contributed by atoms with Gasteiger partial charge in [0.05, 0.1) is 19.3 Å². The Morgan fingerprint density at radius 3 is 2.64 bits per heavy atom. The van der Waals surface area contributed by atoms with E-state index in [9.17, 15) is 9.59 Å². The van der Waals surface area contributed by atoms with Crippen molar-refractivity contribution >= 4 is 17.5 Å². The van der Waals surface area contributed by atoms with Crippen molar-refractivity contribution in [2.45, 2.75) is 64.7 Å². The lowest BCUT2D eigenvalue weighted by atomic mass is 9.76. The first-order valence-electron chi connectivity index (χ1n) is 13.2. The Labute approximate surface area is 212 Å². The van der Waals surface area contributed by atoms with E-state index in [4.69, 9.17) is 14.5 Å². The topological polar surface area (TPSA) is 96.5 Å². The normalized spacial score (nSPS) is 19.6. The standard InChI is InChI=1S/C28H36N4O4/c1-17(2)12-15-36-21-11-10-18(16-22(21)35-3)23-24-19(8-7-9-20(24)33)29-26-25(23)27(34)31-28(30-26)32-13-5-4-6-14-32/h10-11,16-17,23H,4-9,12-15H2,1-3H3,(H2,29,30,31,34). The number of aromatic nitrogens is 2. The van der Waals surface area contributed by atoms with Gasteiger partial charge in [0.15, 0.2) is 17.3 Å². The number of ketones is 1. The van der Waals surface area contributed by atoms with Gasteiger partial charge in [-0.2, -0.15) is 4.98 Å². The second-order valence-corrected chi connectivity index (χ2v) is 10.4. The highest BCUT2D eigenvalue weighted by molar-refractivity contribution is 6.01. The molecule has 1 unspecified atom stereocenters. The molecular formula is C28H36N4O4. The summed E-state index contributed by atoms with van der Waals surface area (Å²) in [5.74, 6) is 2.52. The molecule has 1 aromatic heterocycles. The third kappa shape index (κ3) is 4.73. The number of allylic oxidation sites excluding steroid dienone is 2. The minimum atomic E-state index is -0.505. The highest BCUT2D eigenvalue weighted by Crippen LogP contribution is 2.45. The summed E-state index contributed by atoms with van der Waals surface area (Å²) in [4.78, 5) is 36.8. The van der Waals surface area contributed by atoms with E-state index < -0.39 is 5.92 Å². The van der Waals surface area contributed by atoms with Crippen molar-refractivity contribution in [1.82, 2.24) is 9.97 Å². The van der Waals surface area contributed by atoms with Gasteiger partial charge >= 0.3 is 0 Å². The van der Waals surface area contributed by atoms with E-state index in [1.807, 2.05) is 18.2 Å². The van der Waals surface area contributed by atoms with Gasteiger partial charge < -0.3 is 19.7 Å². The van der Waals surface area contributed by atoms with Crippen LogP contribution in [-0.2, 0) is 4.79 Å². The van der Waals surface area contributed by atoms with E-state index >= 15 is 0 Å². The molecule has 192 valence electrons. The zero-order chi connectivity index (χ0) is 25.2. The number of fused-ring (bicyclic) bond motifs is 1. The van der Waals surface area contributed by atoms with E-state index in [0.29, 0.717) is 53.3 Å². The van der Waals surface area contributed by atoms with Gasteiger partial charge in [0.2, 0.25) is 5.95 Å². The molecule has 0 bridgehead atoms. The van der Waals surface area contributed by atoms with Crippen molar-refractivity contribution in [3.8, 4) is 11.5 Å². The van der Waals surface area contributed by atoms with E-state index in [-0.39, 0.29) is 11.3 Å². The predicted octanol–water partition coefficient (Wildman–Crippen LogP) is 4.76. The lowest BCUT2D eigenvalue weighted by molar-refractivity contribution is -0.116. The zero-order valence-corrected chi connectivity index (χ0v) is 21.5. The lowest BCUT2D eigenvalue weighted by Gasteiger charge is -2.34. The van der Waals surface area contributed by atoms with Crippen LogP contribution >= 0.6 is 0 Å². The number of aromatic amines is 1. The maximum atomic E-state index is 13.6. The predicted molar refractivity (Wildman–Crippen MR) is 140 cm³/mol. The van der Waals surface area contributed by atoms with Crippen LogP contribution in [0.2, 0.25) is 0 Å². The van der Waals surface area contributed by atoms with Crippen LogP contribution in [0.25, 0.3) is 0 Å². The molecule has 0 radical (unpaired) electrons. The number of methoxy groups -OCH3 is 1. The SMILES string of the molecule is COc1cc(C2C3=C(CCCC3=O)Nc3nc(N4CCCCC4)[nH]c(=O)c32)ccc1OCCC(C)C. The van der Waals surface area contributed by atoms with Gasteiger partial charge in [-0.3, -0.25) is 14.6 Å². The zero-order valence-electron chi connectivity index (χ0n) is 21.5. The van der Waals surface area contributed by atoms with Gasteiger partial charge in [-0.1, -0.05) is 19.9 Å². The second kappa shape index (κ2) is 10.4. The van der Waals surface area contributed by atoms with Crippen LogP contribution in [0.4, 0.5) is 11.8 Å². The minimum absolute atomic E-state index is 0.0788. The number of H-pyrrole nitrogens is 1. The largest absolute Gasteiger partial charge is 0.493 e. The first kappa shape index (κ1) is 24.4. The summed E-state index contributed by atoms with van der Waals surface area (Å²) >= 11 is 0. The fourth-order valence-corrected chi connectivity index (χ4v) is 5.43. The number of ether oxygens (including phenoxy) is 2. The number of Topliss-reactive ketones (excluding diaryl/α,β-unsaturated/α-hetero) is 1. The number of anilines is 2. The van der Waals surface area contributed by atoms with Crippen LogP contribution in [0.3, 0.4) is 0 Å². The molecule has 1 saturated heterocycles. The Kier molecular flexibility index (Phi) is 7.03. The third-order valence-electron chi connectivity index (χ3n) is 7.37. The number of rotatable bonds is 7. The molecule has 0 spiro atoms. The molecule has 2 aromatic rings. The monoisotopic (exact) mass is 492 g/mol. The number of carbonyl (C=O) groups excluding carboxylic acids is 1. The van der Waals surface area contributed by atoms with Crippen LogP contribution in [-0.4, -0.2) is 42.6 Å². The van der Waals surface area contributed by atoms with Crippen molar-refractivity contribution in [2.24, 2.45) is 5.92 Å². The van der Waals surface area contributed by atoms with Crippen LogP contribution in [0, 0.1) is 5.92 Å². The molecule has 1 fully saturated rings. The summed E-state index contributed by atoms with van der Waals surface area (Å²) in [7, 11) is 1.61. The van der Waals surface area contributed by atoms with Crippen molar-refractivity contribution in [2.75, 3.05) is 37.0 Å². The molecular weight excluding hydrogens is 456 g/mol. The first-order valence-corrected chi connectivity index (χ1v) is 13.2. The Morgan fingerprint density at radius 1 is 1.08 bits per heavy atom. The number of hydrogen-bond acceptors (Lipinski definition) is 7. The van der Waals surface area contributed by atoms with Crippen LogP contribution in [0.5, 0.6) is 11.5 Å². The van der Waals surface area contributed by atoms with Crippen molar-refractivity contribution in [3.05, 3.63) is 50.9 Å². The number of benzene rings is 1. The fraction of sp³-hybridized carbons (Fsp3) is 0.536. The molecule has 5 rings (SSSR count). The minimum Gasteiger partial charge on any atom is -0.493 e. The summed E-state index contributed by atoms with van der Waals surface area (Å²) in [6.45, 7) is 6.68. The van der Waals surface area contributed by atoms with Gasteiger partial charge in [0.1, 0.15) is 5.82 Å². The van der Waals surface area contributed by atoms with Gasteiger partial charge in [-0.15, -0.1) is 0 Å². The molecule has 8 heteroatoms. The van der Waals surface area contributed by atoms with Crippen molar-refractivity contribution in [3.63, 3.8) is 0 Å². The molecule has 2 aliphatic heterocycles. The summed E-state index contributed by atoms with van der Waals surface area (Å²) in [5.41, 5.74) is 2.65. The third-order valence-corrected chi connectivity index (χ3v) is 7.37. The maximum Gasteiger partial charge on any atom is 0.258 e. The number of hydrogen-bond donors (Lipinski definition) is 2. The van der Waals surface area contributed by atoms with Gasteiger partial charge in [-0.05, 0) is 62.1 Å². The lowest BCUT2D eigenvalue weighted by Crippen LogP contribution is -2.36. The molecule has 2 N–H and O–H groups in total. The number of carbonyl (C=O) groups is 1. The van der Waals surface area contributed by atoms with Gasteiger partial charge in [0.25, 0.3) is 5.56 Å². The van der Waals surface area contributed by atoms with Crippen LogP contribution < -0.4 is 25.2 Å².